The van der Waals surface area contributed by atoms with Crippen molar-refractivity contribution in [1.82, 2.24) is 0 Å². The third-order valence-electron chi connectivity index (χ3n) is 3.73. The van der Waals surface area contributed by atoms with Gasteiger partial charge in [-0.15, -0.1) is 0 Å². The lowest BCUT2D eigenvalue weighted by molar-refractivity contribution is 0.590. The molecule has 0 aliphatic heterocycles. The zero-order chi connectivity index (χ0) is 15.0. The van der Waals surface area contributed by atoms with E-state index in [1.165, 1.54) is 22.3 Å². The van der Waals surface area contributed by atoms with Crippen molar-refractivity contribution in [3.63, 3.8) is 0 Å². The van der Waals surface area contributed by atoms with Crippen LogP contribution in [0.1, 0.15) is 52.7 Å². The number of hydrogen-bond acceptors (Lipinski definition) is 0. The first-order valence-corrected chi connectivity index (χ1v) is 7.31. The van der Waals surface area contributed by atoms with E-state index in [0.717, 1.165) is 0 Å². The Hall–Kier alpha value is -1.56. The first kappa shape index (κ1) is 14.8. The second-order valence-electron chi connectivity index (χ2n) is 7.57. The van der Waals surface area contributed by atoms with Crippen LogP contribution in [0.2, 0.25) is 0 Å². The fourth-order valence-electron chi connectivity index (χ4n) is 2.25. The van der Waals surface area contributed by atoms with Crippen LogP contribution in [0.4, 0.5) is 0 Å². The molecular weight excluding hydrogens is 240 g/mol. The van der Waals surface area contributed by atoms with E-state index in [2.05, 4.69) is 84.0 Å². The SMILES string of the molecule is CC(C)(C)c1ccc(-c2[c]ccc(C(C)(C)C)c2)cc1. The molecule has 2 aromatic carbocycles. The van der Waals surface area contributed by atoms with Crippen molar-refractivity contribution in [1.29, 1.82) is 0 Å². The molecule has 0 atom stereocenters. The second-order valence-corrected chi connectivity index (χ2v) is 7.57. The summed E-state index contributed by atoms with van der Waals surface area (Å²) in [5.41, 5.74) is 5.52. The highest BCUT2D eigenvalue weighted by atomic mass is 14.2. The summed E-state index contributed by atoms with van der Waals surface area (Å²) in [4.78, 5) is 0. The quantitative estimate of drug-likeness (QED) is 0.616. The predicted molar refractivity (Wildman–Crippen MR) is 88.1 cm³/mol. The van der Waals surface area contributed by atoms with Crippen LogP contribution in [0.3, 0.4) is 0 Å². The molecule has 0 heteroatoms. The van der Waals surface area contributed by atoms with Gasteiger partial charge < -0.3 is 0 Å². The Morgan fingerprint density at radius 1 is 0.700 bits per heavy atom. The Balaban J connectivity index is 2.38. The summed E-state index contributed by atoms with van der Waals surface area (Å²) in [5.74, 6) is 0. The van der Waals surface area contributed by atoms with Crippen LogP contribution in [0.15, 0.2) is 42.5 Å². The number of hydrogen-bond donors (Lipinski definition) is 0. The Labute approximate surface area is 123 Å². The van der Waals surface area contributed by atoms with E-state index in [-0.39, 0.29) is 10.8 Å². The molecule has 0 aromatic heterocycles. The molecular formula is C20H25. The van der Waals surface area contributed by atoms with Crippen LogP contribution in [0.25, 0.3) is 11.1 Å². The fourth-order valence-corrected chi connectivity index (χ4v) is 2.25. The molecule has 0 saturated carbocycles. The highest BCUT2D eigenvalue weighted by molar-refractivity contribution is 5.64. The standard InChI is InChI=1S/C20H25/c1-19(2,3)17-12-10-15(11-13-17)16-8-7-9-18(14-16)20(4,5)6/h7,9-14H,1-6H3. The Morgan fingerprint density at radius 3 is 1.75 bits per heavy atom. The molecule has 105 valence electrons. The summed E-state index contributed by atoms with van der Waals surface area (Å²) in [5, 5.41) is 0. The monoisotopic (exact) mass is 265 g/mol. The lowest BCUT2D eigenvalue weighted by Gasteiger charge is -2.21. The van der Waals surface area contributed by atoms with Crippen molar-refractivity contribution >= 4 is 0 Å². The Bertz CT molecular complexity index is 575. The van der Waals surface area contributed by atoms with Gasteiger partial charge in [-0.1, -0.05) is 84.0 Å². The third kappa shape index (κ3) is 3.30. The van der Waals surface area contributed by atoms with E-state index in [1.807, 2.05) is 6.07 Å². The number of rotatable bonds is 1. The van der Waals surface area contributed by atoms with E-state index < -0.39 is 0 Å². The second kappa shape index (κ2) is 5.09. The lowest BCUT2D eigenvalue weighted by Crippen LogP contribution is -2.11. The van der Waals surface area contributed by atoms with Gasteiger partial charge in [-0.3, -0.25) is 0 Å². The molecule has 0 bridgehead atoms. The van der Waals surface area contributed by atoms with Crippen molar-refractivity contribution in [2.75, 3.05) is 0 Å². The summed E-state index contributed by atoms with van der Waals surface area (Å²) in [7, 11) is 0. The van der Waals surface area contributed by atoms with Gasteiger partial charge in [0.15, 0.2) is 0 Å². The van der Waals surface area contributed by atoms with Crippen molar-refractivity contribution in [3.05, 3.63) is 59.7 Å². The number of benzene rings is 2. The predicted octanol–water partition coefficient (Wildman–Crippen LogP) is 5.75. The average Bonchev–Trinajstić information content (AvgIpc) is 2.37. The van der Waals surface area contributed by atoms with E-state index in [0.29, 0.717) is 0 Å². The minimum Gasteiger partial charge on any atom is -0.0579 e. The van der Waals surface area contributed by atoms with Crippen LogP contribution >= 0.6 is 0 Å². The van der Waals surface area contributed by atoms with Gasteiger partial charge in [-0.2, -0.15) is 0 Å². The molecule has 0 spiro atoms. The van der Waals surface area contributed by atoms with Gasteiger partial charge in [0, 0.05) is 0 Å². The highest BCUT2D eigenvalue weighted by Gasteiger charge is 2.15. The zero-order valence-corrected chi connectivity index (χ0v) is 13.5. The summed E-state index contributed by atoms with van der Waals surface area (Å²) < 4.78 is 0. The summed E-state index contributed by atoms with van der Waals surface area (Å²) >= 11 is 0. The van der Waals surface area contributed by atoms with Crippen molar-refractivity contribution in [3.8, 4) is 11.1 Å². The molecule has 20 heavy (non-hydrogen) atoms. The van der Waals surface area contributed by atoms with E-state index in [4.69, 9.17) is 0 Å². The third-order valence-corrected chi connectivity index (χ3v) is 3.73. The molecule has 0 saturated heterocycles. The molecule has 0 amide bonds. The van der Waals surface area contributed by atoms with Gasteiger partial charge in [0.1, 0.15) is 0 Å². The molecule has 0 fully saturated rings. The molecule has 2 rings (SSSR count). The molecule has 0 N–H and O–H groups in total. The van der Waals surface area contributed by atoms with Gasteiger partial charge >= 0.3 is 0 Å². The van der Waals surface area contributed by atoms with Gasteiger partial charge in [0.25, 0.3) is 0 Å². The van der Waals surface area contributed by atoms with Gasteiger partial charge in [-0.25, -0.2) is 0 Å². The molecule has 1 radical (unpaired) electrons. The highest BCUT2D eigenvalue weighted by Crippen LogP contribution is 2.29. The molecule has 2 aromatic rings. The van der Waals surface area contributed by atoms with E-state index in [1.54, 1.807) is 0 Å². The molecule has 0 nitrogen and oxygen atoms in total. The van der Waals surface area contributed by atoms with Crippen LogP contribution < -0.4 is 0 Å². The fraction of sp³-hybridized carbons (Fsp3) is 0.400. The van der Waals surface area contributed by atoms with Crippen molar-refractivity contribution in [2.24, 2.45) is 0 Å². The molecule has 0 heterocycles. The Kier molecular flexibility index (Phi) is 3.77. The maximum absolute atomic E-state index is 3.36. The Morgan fingerprint density at radius 2 is 1.25 bits per heavy atom. The van der Waals surface area contributed by atoms with Crippen LogP contribution in [0.5, 0.6) is 0 Å². The minimum atomic E-state index is 0.176. The van der Waals surface area contributed by atoms with Gasteiger partial charge in [0.05, 0.1) is 0 Å². The normalized spacial score (nSPS) is 12.5. The van der Waals surface area contributed by atoms with Crippen molar-refractivity contribution < 1.29 is 0 Å². The molecule has 0 aliphatic rings. The molecule has 0 aliphatic carbocycles. The summed E-state index contributed by atoms with van der Waals surface area (Å²) in [6.07, 6.45) is 0. The summed E-state index contributed by atoms with van der Waals surface area (Å²) in [6.45, 7) is 13.5. The van der Waals surface area contributed by atoms with E-state index in [9.17, 15) is 0 Å². The first-order valence-electron chi connectivity index (χ1n) is 7.31. The van der Waals surface area contributed by atoms with E-state index >= 15 is 0 Å². The van der Waals surface area contributed by atoms with Crippen LogP contribution in [-0.2, 0) is 10.8 Å². The smallest absolute Gasteiger partial charge is 0.00990 e. The largest absolute Gasteiger partial charge is 0.0579 e. The van der Waals surface area contributed by atoms with Crippen LogP contribution in [-0.4, -0.2) is 0 Å². The maximum Gasteiger partial charge on any atom is -0.00990 e. The average molecular weight is 265 g/mol. The first-order chi connectivity index (χ1) is 9.18. The minimum absolute atomic E-state index is 0.176. The lowest BCUT2D eigenvalue weighted by atomic mass is 9.84. The van der Waals surface area contributed by atoms with Crippen LogP contribution in [0, 0.1) is 6.07 Å². The topological polar surface area (TPSA) is 0 Å². The zero-order valence-electron chi connectivity index (χ0n) is 13.5. The maximum atomic E-state index is 3.36. The summed E-state index contributed by atoms with van der Waals surface area (Å²) in [6, 6.07) is 18.7. The van der Waals surface area contributed by atoms with Crippen molar-refractivity contribution in [2.45, 2.75) is 52.4 Å². The van der Waals surface area contributed by atoms with Gasteiger partial charge in [0.2, 0.25) is 0 Å². The molecule has 0 unspecified atom stereocenters. The van der Waals surface area contributed by atoms with Gasteiger partial charge in [-0.05, 0) is 39.2 Å².